The molecule has 0 bridgehead atoms. The van der Waals surface area contributed by atoms with Gasteiger partial charge in [-0.25, -0.2) is 0 Å². The minimum absolute atomic E-state index is 1.03. The Morgan fingerprint density at radius 3 is 3.18 bits per heavy atom. The average molecular weight is 149 g/mol. The molecule has 0 saturated carbocycles. The third-order valence-electron chi connectivity index (χ3n) is 1.76. The minimum Gasteiger partial charge on any atom is -0.265 e. The minimum atomic E-state index is 1.03. The molecule has 0 N–H and O–H groups in total. The molecule has 1 nitrogen and oxygen atoms in total. The molecule has 1 aliphatic heterocycles. The van der Waals surface area contributed by atoms with Crippen LogP contribution < -0.4 is 0 Å². The Morgan fingerprint density at radius 1 is 1.45 bits per heavy atom. The van der Waals surface area contributed by atoms with Gasteiger partial charge in [0, 0.05) is 18.3 Å². The van der Waals surface area contributed by atoms with E-state index in [0.29, 0.717) is 0 Å². The fourth-order valence-electron chi connectivity index (χ4n) is 1.08. The summed E-state index contributed by atoms with van der Waals surface area (Å²) in [7, 11) is 0. The largest absolute Gasteiger partial charge is 0.265 e. The lowest BCUT2D eigenvalue weighted by atomic mass is 10.1. The van der Waals surface area contributed by atoms with Crippen LogP contribution in [0.15, 0.2) is 29.4 Å². The molecule has 0 fully saturated rings. The summed E-state index contributed by atoms with van der Waals surface area (Å²) in [5, 5.41) is 0. The normalized spacial score (nSPS) is 16.3. The van der Waals surface area contributed by atoms with Gasteiger partial charge in [0.05, 0.1) is 0 Å². The van der Waals surface area contributed by atoms with Crippen LogP contribution in [0.25, 0.3) is 0 Å². The highest BCUT2D eigenvalue weighted by Gasteiger charge is 1.95. The van der Waals surface area contributed by atoms with Crippen LogP contribution in [0.1, 0.15) is 32.6 Å². The maximum atomic E-state index is 4.33. The van der Waals surface area contributed by atoms with Crippen LogP contribution in [0, 0.1) is 0 Å². The zero-order valence-corrected chi connectivity index (χ0v) is 7.09. The third kappa shape index (κ3) is 3.17. The average Bonchev–Trinajstić information content (AvgIpc) is 2.28. The smallest absolute Gasteiger partial charge is 0.0267 e. The second-order valence-corrected chi connectivity index (χ2v) is 2.77. The molecule has 0 saturated heterocycles. The van der Waals surface area contributed by atoms with Gasteiger partial charge in [0.15, 0.2) is 0 Å². The second-order valence-electron chi connectivity index (χ2n) is 2.77. The first-order valence-electron chi connectivity index (χ1n) is 4.30. The lowest BCUT2D eigenvalue weighted by Crippen LogP contribution is -1.94. The maximum Gasteiger partial charge on any atom is 0.0267 e. The van der Waals surface area contributed by atoms with Gasteiger partial charge in [-0.05, 0) is 18.9 Å². The summed E-state index contributed by atoms with van der Waals surface area (Å²) in [5.41, 5.74) is 1.32. The van der Waals surface area contributed by atoms with Gasteiger partial charge in [-0.1, -0.05) is 25.5 Å². The highest BCUT2D eigenvalue weighted by atomic mass is 14.7. The summed E-state index contributed by atoms with van der Waals surface area (Å²) in [5.74, 6) is 0. The molecule has 0 amide bonds. The monoisotopic (exact) mass is 149 g/mol. The van der Waals surface area contributed by atoms with E-state index in [-0.39, 0.29) is 0 Å². The third-order valence-corrected chi connectivity index (χ3v) is 1.76. The molecule has 11 heavy (non-hydrogen) atoms. The van der Waals surface area contributed by atoms with E-state index < -0.39 is 0 Å². The van der Waals surface area contributed by atoms with Crippen molar-refractivity contribution in [1.29, 1.82) is 0 Å². The van der Waals surface area contributed by atoms with E-state index in [1.807, 2.05) is 12.3 Å². The van der Waals surface area contributed by atoms with Crippen molar-refractivity contribution in [2.45, 2.75) is 32.6 Å². The molecule has 0 unspecified atom stereocenters. The van der Waals surface area contributed by atoms with Gasteiger partial charge >= 0.3 is 0 Å². The number of hydrogen-bond donors (Lipinski definition) is 0. The molecule has 0 aromatic heterocycles. The van der Waals surface area contributed by atoms with Gasteiger partial charge in [0.25, 0.3) is 0 Å². The first-order valence-corrected chi connectivity index (χ1v) is 4.30. The summed E-state index contributed by atoms with van der Waals surface area (Å²) in [6.45, 7) is 2.21. The van der Waals surface area contributed by atoms with Gasteiger partial charge in [0.1, 0.15) is 0 Å². The van der Waals surface area contributed by atoms with Crippen molar-refractivity contribution < 1.29 is 0 Å². The molecular weight excluding hydrogens is 134 g/mol. The zero-order valence-electron chi connectivity index (χ0n) is 7.09. The van der Waals surface area contributed by atoms with E-state index in [1.54, 1.807) is 0 Å². The van der Waals surface area contributed by atoms with Crippen LogP contribution in [0.4, 0.5) is 0 Å². The number of nitrogens with zero attached hydrogens (tertiary/aromatic N) is 1. The van der Waals surface area contributed by atoms with Crippen molar-refractivity contribution in [2.24, 2.45) is 4.99 Å². The number of rotatable bonds is 3. The first-order chi connectivity index (χ1) is 5.43. The number of aliphatic imine (C=N–C) groups is 1. The molecule has 1 heteroatoms. The fraction of sp³-hybridized carbons (Fsp3) is 0.500. The van der Waals surface area contributed by atoms with Crippen LogP contribution >= 0.6 is 0 Å². The van der Waals surface area contributed by atoms with Crippen molar-refractivity contribution >= 4 is 5.71 Å². The van der Waals surface area contributed by atoms with Crippen LogP contribution in [0.5, 0.6) is 0 Å². The Kier molecular flexibility index (Phi) is 3.67. The lowest BCUT2D eigenvalue weighted by Gasteiger charge is -1.98. The van der Waals surface area contributed by atoms with E-state index in [4.69, 9.17) is 0 Å². The van der Waals surface area contributed by atoms with Crippen LogP contribution in [0.2, 0.25) is 0 Å². The zero-order chi connectivity index (χ0) is 7.94. The van der Waals surface area contributed by atoms with Crippen molar-refractivity contribution in [3.8, 4) is 0 Å². The summed E-state index contributed by atoms with van der Waals surface area (Å²) >= 11 is 0. The standard InChI is InChI=1S/C10H15N/c1-2-3-7-10-8-5-4-6-9-11-10/h4-6,9H,2-3,7-8H2,1H3. The van der Waals surface area contributed by atoms with E-state index in [2.05, 4.69) is 24.1 Å². The van der Waals surface area contributed by atoms with Crippen molar-refractivity contribution in [3.05, 3.63) is 24.4 Å². The van der Waals surface area contributed by atoms with Crippen LogP contribution in [-0.4, -0.2) is 5.71 Å². The van der Waals surface area contributed by atoms with Gasteiger partial charge in [-0.2, -0.15) is 0 Å². The van der Waals surface area contributed by atoms with Gasteiger partial charge in [-0.15, -0.1) is 0 Å². The Hall–Kier alpha value is -0.850. The molecule has 0 radical (unpaired) electrons. The maximum absolute atomic E-state index is 4.33. The molecule has 1 rings (SSSR count). The predicted octanol–water partition coefficient (Wildman–Crippen LogP) is 3.09. The quantitative estimate of drug-likeness (QED) is 0.584. The van der Waals surface area contributed by atoms with E-state index in [0.717, 1.165) is 12.8 Å². The Bertz CT molecular complexity index is 187. The van der Waals surface area contributed by atoms with Crippen LogP contribution in [0.3, 0.4) is 0 Å². The summed E-state index contributed by atoms with van der Waals surface area (Å²) in [6.07, 6.45) is 12.8. The van der Waals surface area contributed by atoms with E-state index in [1.165, 1.54) is 18.6 Å². The topological polar surface area (TPSA) is 12.4 Å². The summed E-state index contributed by atoms with van der Waals surface area (Å²) < 4.78 is 0. The fourth-order valence-corrected chi connectivity index (χ4v) is 1.08. The van der Waals surface area contributed by atoms with Crippen LogP contribution in [-0.2, 0) is 0 Å². The molecule has 0 aromatic rings. The Labute approximate surface area is 68.5 Å². The Morgan fingerprint density at radius 2 is 2.36 bits per heavy atom. The highest BCUT2D eigenvalue weighted by molar-refractivity contribution is 5.86. The number of unbranched alkanes of at least 4 members (excludes halogenated alkanes) is 1. The summed E-state index contributed by atoms with van der Waals surface area (Å²) in [4.78, 5) is 4.33. The molecule has 1 aliphatic rings. The van der Waals surface area contributed by atoms with Crippen molar-refractivity contribution in [1.82, 2.24) is 0 Å². The molecule has 0 spiro atoms. The number of hydrogen-bond acceptors (Lipinski definition) is 1. The van der Waals surface area contributed by atoms with Gasteiger partial charge < -0.3 is 0 Å². The van der Waals surface area contributed by atoms with Gasteiger partial charge in [-0.3, -0.25) is 4.99 Å². The lowest BCUT2D eigenvalue weighted by molar-refractivity contribution is 0.829. The van der Waals surface area contributed by atoms with Crippen molar-refractivity contribution in [3.63, 3.8) is 0 Å². The predicted molar refractivity (Wildman–Crippen MR) is 49.9 cm³/mol. The van der Waals surface area contributed by atoms with E-state index in [9.17, 15) is 0 Å². The van der Waals surface area contributed by atoms with Crippen molar-refractivity contribution in [2.75, 3.05) is 0 Å². The summed E-state index contributed by atoms with van der Waals surface area (Å²) in [6, 6.07) is 0. The molecule has 60 valence electrons. The molecule has 1 heterocycles. The highest BCUT2D eigenvalue weighted by Crippen LogP contribution is 2.04. The Balaban J connectivity index is 2.38. The van der Waals surface area contributed by atoms with Gasteiger partial charge in [0.2, 0.25) is 0 Å². The molecule has 0 aliphatic carbocycles. The molecule has 0 atom stereocenters. The number of allylic oxidation sites excluding steroid dienone is 3. The molecule has 0 aromatic carbocycles. The SMILES string of the molecule is CCCCC1=NC=CC=CC1. The van der Waals surface area contributed by atoms with E-state index >= 15 is 0 Å². The second kappa shape index (κ2) is 4.89. The first kappa shape index (κ1) is 8.25. The molecular formula is C10H15N.